The monoisotopic (exact) mass is 818 g/mol. The molecule has 0 spiro atoms. The number of nitrogens with one attached hydrogen (secondary N) is 2. The number of rotatable bonds is 10. The average Bonchev–Trinajstić information content (AvgIpc) is 3.12. The Bertz CT molecular complexity index is 2880. The van der Waals surface area contributed by atoms with Gasteiger partial charge >= 0.3 is 0 Å². The van der Waals surface area contributed by atoms with Crippen LogP contribution >= 0.6 is 0 Å². The standard InChI is InChI=1S/C34H26N8O11S3/c35-19-2-12-29(28(36)14-19)41-39-21-3-1-18-13-32(56(51,52)53)33(34(44)27(18)15-21)42-40-23-7-11-26(31(17-23)55(48,49)50)25-10-6-22(16-30(25)54(45,46)47)38-37-20-4-8-24(43)9-5-20/h1-17,38,40H,35-36H2,(H,45,46,47)(H,48,49,50)(H,51,52,53)/b41-39?,42-33+. The largest absolute Gasteiger partial charge is 0.399 e. The summed E-state index contributed by atoms with van der Waals surface area (Å²) in [5.41, 5.74) is 16.0. The van der Waals surface area contributed by atoms with Crippen LogP contribution in [0.3, 0.4) is 0 Å². The van der Waals surface area contributed by atoms with Crippen LogP contribution in [0.4, 0.5) is 34.1 Å². The molecule has 0 radical (unpaired) electrons. The molecule has 0 atom stereocenters. The third-order valence-corrected chi connectivity index (χ3v) is 10.5. The quantitative estimate of drug-likeness (QED) is 0.0372. The summed E-state index contributed by atoms with van der Waals surface area (Å²) in [6, 6.07) is 14.9. The molecule has 2 aliphatic rings. The van der Waals surface area contributed by atoms with Crippen molar-refractivity contribution in [2.75, 3.05) is 22.3 Å². The van der Waals surface area contributed by atoms with Gasteiger partial charge in [0.15, 0.2) is 11.5 Å². The molecule has 0 bridgehead atoms. The molecule has 9 N–H and O–H groups in total. The van der Waals surface area contributed by atoms with Gasteiger partial charge < -0.3 is 11.5 Å². The fourth-order valence-corrected chi connectivity index (χ4v) is 7.40. The first-order valence-corrected chi connectivity index (χ1v) is 19.9. The highest BCUT2D eigenvalue weighted by Crippen LogP contribution is 2.36. The highest BCUT2D eigenvalue weighted by atomic mass is 32.2. The van der Waals surface area contributed by atoms with Crippen molar-refractivity contribution in [2.24, 2.45) is 20.4 Å². The average molecular weight is 819 g/mol. The van der Waals surface area contributed by atoms with Gasteiger partial charge in [-0.1, -0.05) is 18.2 Å². The summed E-state index contributed by atoms with van der Waals surface area (Å²) >= 11 is 0. The Kier molecular flexibility index (Phi) is 10.4. The lowest BCUT2D eigenvalue weighted by Gasteiger charge is -2.17. The molecule has 286 valence electrons. The van der Waals surface area contributed by atoms with Crippen LogP contribution in [-0.4, -0.2) is 61.9 Å². The lowest BCUT2D eigenvalue weighted by Crippen LogP contribution is -2.27. The van der Waals surface area contributed by atoms with Crippen molar-refractivity contribution in [3.8, 4) is 11.1 Å². The van der Waals surface area contributed by atoms with E-state index in [1.54, 1.807) is 6.07 Å². The van der Waals surface area contributed by atoms with E-state index in [-0.39, 0.29) is 50.9 Å². The lowest BCUT2D eigenvalue weighted by atomic mass is 9.94. The number of hydrogen-bond donors (Lipinski definition) is 7. The van der Waals surface area contributed by atoms with Crippen LogP contribution in [0.1, 0.15) is 15.9 Å². The number of anilines is 4. The van der Waals surface area contributed by atoms with Crippen molar-refractivity contribution >= 4 is 93.5 Å². The molecular weight excluding hydrogens is 793 g/mol. The zero-order chi connectivity index (χ0) is 40.6. The molecule has 0 aliphatic heterocycles. The summed E-state index contributed by atoms with van der Waals surface area (Å²) in [7, 11) is -15.3. The number of nitrogen functional groups attached to an aromatic ring is 2. The van der Waals surface area contributed by atoms with Crippen molar-refractivity contribution in [2.45, 2.75) is 9.79 Å². The van der Waals surface area contributed by atoms with Crippen molar-refractivity contribution in [1.29, 1.82) is 0 Å². The molecule has 0 fully saturated rings. The van der Waals surface area contributed by atoms with Gasteiger partial charge in [-0.05, 0) is 90.5 Å². The van der Waals surface area contributed by atoms with Crippen LogP contribution in [0, 0.1) is 0 Å². The number of nitrogens with zero attached hydrogens (tertiary/aromatic N) is 4. The predicted molar refractivity (Wildman–Crippen MR) is 207 cm³/mol. The summed E-state index contributed by atoms with van der Waals surface area (Å²) in [4.78, 5) is 22.4. The fraction of sp³-hybridized carbons (Fsp3) is 0. The second kappa shape index (κ2) is 14.9. The zero-order valence-corrected chi connectivity index (χ0v) is 30.5. The molecular formula is C34H26N8O11S3. The van der Waals surface area contributed by atoms with Gasteiger partial charge in [0.2, 0.25) is 5.78 Å². The summed E-state index contributed by atoms with van der Waals surface area (Å²) in [6.45, 7) is 0. The van der Waals surface area contributed by atoms with E-state index in [0.29, 0.717) is 11.4 Å². The Morgan fingerprint density at radius 2 is 1.18 bits per heavy atom. The van der Waals surface area contributed by atoms with Crippen LogP contribution in [0.2, 0.25) is 0 Å². The number of hydrogen-bond acceptors (Lipinski definition) is 16. The molecule has 4 aromatic rings. The molecule has 19 nitrogen and oxygen atoms in total. The molecule has 0 amide bonds. The van der Waals surface area contributed by atoms with E-state index in [0.717, 1.165) is 36.4 Å². The molecule has 0 saturated heterocycles. The van der Waals surface area contributed by atoms with Gasteiger partial charge in [0.25, 0.3) is 30.4 Å². The molecule has 0 aromatic heterocycles. The first-order chi connectivity index (χ1) is 26.3. The maximum absolute atomic E-state index is 13.6. The molecule has 4 aromatic carbocycles. The Morgan fingerprint density at radius 3 is 1.73 bits per heavy atom. The molecule has 0 saturated carbocycles. The van der Waals surface area contributed by atoms with Crippen LogP contribution in [0.25, 0.3) is 17.2 Å². The summed E-state index contributed by atoms with van der Waals surface area (Å²) in [5, 5.41) is 16.0. The predicted octanol–water partition coefficient (Wildman–Crippen LogP) is 4.78. The van der Waals surface area contributed by atoms with Crippen LogP contribution in [0.15, 0.2) is 132 Å². The SMILES string of the molecule is Nc1ccc(N=Nc2ccc3c(c2)C(=O)/C(=N/Nc2ccc(-c4ccc(NN=C5C=CC(=O)C=C5)cc4S(=O)(=O)O)c(S(=O)(=O)O)c2)C(S(=O)(=O)O)=C3)c(N)c1. The zero-order valence-electron chi connectivity index (χ0n) is 28.1. The second-order valence-electron chi connectivity index (χ2n) is 11.8. The molecule has 0 heterocycles. The van der Waals surface area contributed by atoms with Crippen molar-refractivity contribution in [3.05, 3.63) is 113 Å². The molecule has 56 heavy (non-hydrogen) atoms. The van der Waals surface area contributed by atoms with Crippen LogP contribution in [-0.2, 0) is 35.1 Å². The third kappa shape index (κ3) is 8.65. The number of hydrazone groups is 2. The van der Waals surface area contributed by atoms with Gasteiger partial charge in [0, 0.05) is 22.4 Å². The van der Waals surface area contributed by atoms with Crippen LogP contribution in [0.5, 0.6) is 0 Å². The topological polar surface area (TPSA) is 323 Å². The number of nitrogens with two attached hydrogens (primary N) is 2. The normalized spacial score (nSPS) is 15.2. The Hall–Kier alpha value is -6.69. The fourth-order valence-electron chi connectivity index (χ4n) is 5.28. The number of carbonyl (C=O) groups excluding carboxylic acids is 2. The molecule has 2 aliphatic carbocycles. The first-order valence-electron chi connectivity index (χ1n) is 15.5. The van der Waals surface area contributed by atoms with Crippen molar-refractivity contribution in [1.82, 2.24) is 0 Å². The van der Waals surface area contributed by atoms with E-state index in [1.807, 2.05) is 0 Å². The number of ketones is 2. The van der Waals surface area contributed by atoms with E-state index in [9.17, 15) is 48.5 Å². The van der Waals surface area contributed by atoms with Gasteiger partial charge in [-0.2, -0.15) is 40.6 Å². The van der Waals surface area contributed by atoms with E-state index < -0.39 is 62.1 Å². The summed E-state index contributed by atoms with van der Waals surface area (Å²) in [5.74, 6) is -1.27. The minimum Gasteiger partial charge on any atom is -0.399 e. The van der Waals surface area contributed by atoms with Gasteiger partial charge in [-0.15, -0.1) is 5.11 Å². The number of fused-ring (bicyclic) bond motifs is 1. The van der Waals surface area contributed by atoms with E-state index in [4.69, 9.17) is 11.5 Å². The van der Waals surface area contributed by atoms with E-state index >= 15 is 0 Å². The Labute approximate surface area is 317 Å². The minimum atomic E-state index is -5.16. The number of azo groups is 1. The Balaban J connectivity index is 1.35. The number of Topliss-reactive ketones (excluding diaryl/α,β-unsaturated/α-hetero) is 1. The molecule has 6 rings (SSSR count). The van der Waals surface area contributed by atoms with Crippen LogP contribution < -0.4 is 22.3 Å². The van der Waals surface area contributed by atoms with Crippen molar-refractivity contribution in [3.63, 3.8) is 0 Å². The summed E-state index contributed by atoms with van der Waals surface area (Å²) in [6.07, 6.45) is 6.25. The third-order valence-electron chi connectivity index (χ3n) is 7.88. The highest BCUT2D eigenvalue weighted by Gasteiger charge is 2.33. The molecule has 0 unspecified atom stereocenters. The van der Waals surface area contributed by atoms with Gasteiger partial charge in [-0.25, -0.2) is 0 Å². The van der Waals surface area contributed by atoms with Gasteiger partial charge in [0.1, 0.15) is 20.4 Å². The summed E-state index contributed by atoms with van der Waals surface area (Å²) < 4.78 is 105. The molecule has 22 heteroatoms. The maximum atomic E-state index is 13.6. The van der Waals surface area contributed by atoms with Crippen molar-refractivity contribution < 1.29 is 48.5 Å². The smallest absolute Gasteiger partial charge is 0.296 e. The number of carbonyl (C=O) groups is 2. The van der Waals surface area contributed by atoms with E-state index in [2.05, 4.69) is 31.3 Å². The van der Waals surface area contributed by atoms with E-state index in [1.165, 1.54) is 60.7 Å². The first kappa shape index (κ1) is 39.0. The Morgan fingerprint density at radius 1 is 0.589 bits per heavy atom. The second-order valence-corrected chi connectivity index (χ2v) is 15.9. The number of allylic oxidation sites excluding steroid dienone is 5. The maximum Gasteiger partial charge on any atom is 0.296 e. The number of benzene rings is 4. The highest BCUT2D eigenvalue weighted by molar-refractivity contribution is 7.91. The lowest BCUT2D eigenvalue weighted by molar-refractivity contribution is -0.110. The van der Waals surface area contributed by atoms with Gasteiger partial charge in [0.05, 0.1) is 28.5 Å². The minimum absolute atomic E-state index is 0.0261. The van der Waals surface area contributed by atoms with Gasteiger partial charge in [-0.3, -0.25) is 34.1 Å².